The monoisotopic (exact) mass is 277 g/mol. The second-order valence-electron chi connectivity index (χ2n) is 6.36. The molecule has 1 aliphatic rings. The summed E-state index contributed by atoms with van der Waals surface area (Å²) in [7, 11) is 2.10. The van der Waals surface area contributed by atoms with Crippen LogP contribution < -0.4 is 5.32 Å². The van der Waals surface area contributed by atoms with Crippen molar-refractivity contribution >= 4 is 0 Å². The molecule has 3 heteroatoms. The van der Waals surface area contributed by atoms with Gasteiger partial charge in [0.15, 0.2) is 0 Å². The van der Waals surface area contributed by atoms with Gasteiger partial charge in [-0.1, -0.05) is 33.1 Å². The number of nitrogens with zero attached hydrogens (tertiary/aromatic N) is 2. The average molecular weight is 277 g/mol. The summed E-state index contributed by atoms with van der Waals surface area (Å²) >= 11 is 0. The van der Waals surface area contributed by atoms with Crippen LogP contribution in [0.2, 0.25) is 0 Å². The zero-order valence-corrected chi connectivity index (χ0v) is 13.4. The highest BCUT2D eigenvalue weighted by molar-refractivity contribution is 4.93. The molecule has 1 aromatic heterocycles. The van der Waals surface area contributed by atoms with Crippen molar-refractivity contribution in [2.75, 3.05) is 6.54 Å². The summed E-state index contributed by atoms with van der Waals surface area (Å²) in [5.74, 6) is 3.05. The first-order valence-electron chi connectivity index (χ1n) is 8.44. The van der Waals surface area contributed by atoms with Gasteiger partial charge < -0.3 is 9.88 Å². The Hall–Kier alpha value is -0.830. The van der Waals surface area contributed by atoms with Crippen molar-refractivity contribution in [1.29, 1.82) is 0 Å². The van der Waals surface area contributed by atoms with E-state index in [9.17, 15) is 0 Å². The molecule has 2 rings (SSSR count). The molecule has 0 aliphatic heterocycles. The molecular weight excluding hydrogens is 246 g/mol. The minimum atomic E-state index is 0.672. The maximum Gasteiger partial charge on any atom is 0.108 e. The predicted octanol–water partition coefficient (Wildman–Crippen LogP) is 3.55. The topological polar surface area (TPSA) is 29.9 Å². The maximum absolute atomic E-state index is 4.46. The minimum absolute atomic E-state index is 0.672. The average Bonchev–Trinajstić information content (AvgIpc) is 2.89. The lowest BCUT2D eigenvalue weighted by Crippen LogP contribution is -2.39. The molecule has 1 aromatic rings. The lowest BCUT2D eigenvalue weighted by molar-refractivity contribution is 0.202. The summed E-state index contributed by atoms with van der Waals surface area (Å²) < 4.78 is 2.15. The molecule has 0 aromatic carbocycles. The third-order valence-electron chi connectivity index (χ3n) is 5.04. The molecule has 1 heterocycles. The first-order chi connectivity index (χ1) is 9.74. The third-order valence-corrected chi connectivity index (χ3v) is 5.04. The van der Waals surface area contributed by atoms with Crippen LogP contribution in [-0.2, 0) is 13.5 Å². The highest BCUT2D eigenvalue weighted by atomic mass is 15.0. The molecule has 1 saturated carbocycles. The van der Waals surface area contributed by atoms with Gasteiger partial charge in [0.2, 0.25) is 0 Å². The van der Waals surface area contributed by atoms with E-state index in [2.05, 4.69) is 35.8 Å². The summed E-state index contributed by atoms with van der Waals surface area (Å²) in [4.78, 5) is 4.46. The van der Waals surface area contributed by atoms with Crippen molar-refractivity contribution < 1.29 is 0 Å². The summed E-state index contributed by atoms with van der Waals surface area (Å²) in [6.07, 6.45) is 13.3. The molecule has 1 N–H and O–H groups in total. The molecule has 3 atom stereocenters. The molecule has 0 saturated heterocycles. The van der Waals surface area contributed by atoms with Crippen LogP contribution in [0.15, 0.2) is 12.4 Å². The van der Waals surface area contributed by atoms with Crippen LogP contribution >= 0.6 is 0 Å². The highest BCUT2D eigenvalue weighted by Gasteiger charge is 2.27. The summed E-state index contributed by atoms with van der Waals surface area (Å²) in [6, 6.07) is 0.672. The Kier molecular flexibility index (Phi) is 6.08. The lowest BCUT2D eigenvalue weighted by atomic mass is 9.76. The summed E-state index contributed by atoms with van der Waals surface area (Å²) in [6.45, 7) is 5.66. The molecule has 0 amide bonds. The molecule has 20 heavy (non-hydrogen) atoms. The van der Waals surface area contributed by atoms with Crippen LogP contribution in [0.4, 0.5) is 0 Å². The van der Waals surface area contributed by atoms with Crippen molar-refractivity contribution in [3.8, 4) is 0 Å². The van der Waals surface area contributed by atoms with Crippen molar-refractivity contribution in [1.82, 2.24) is 14.9 Å². The first kappa shape index (κ1) is 15.6. The van der Waals surface area contributed by atoms with Crippen LogP contribution in [0.3, 0.4) is 0 Å². The molecule has 3 unspecified atom stereocenters. The molecule has 1 fully saturated rings. The first-order valence-corrected chi connectivity index (χ1v) is 8.44. The third kappa shape index (κ3) is 4.08. The molecule has 0 bridgehead atoms. The van der Waals surface area contributed by atoms with E-state index >= 15 is 0 Å². The van der Waals surface area contributed by atoms with Gasteiger partial charge in [0.1, 0.15) is 5.82 Å². The fourth-order valence-electron chi connectivity index (χ4n) is 3.76. The van der Waals surface area contributed by atoms with Gasteiger partial charge in [0.05, 0.1) is 0 Å². The number of aryl methyl sites for hydroxylation is 2. The zero-order chi connectivity index (χ0) is 14.4. The Balaban J connectivity index is 1.90. The Morgan fingerprint density at radius 2 is 2.25 bits per heavy atom. The van der Waals surface area contributed by atoms with Gasteiger partial charge in [-0.15, -0.1) is 0 Å². The van der Waals surface area contributed by atoms with E-state index in [4.69, 9.17) is 0 Å². The van der Waals surface area contributed by atoms with E-state index in [0.29, 0.717) is 6.04 Å². The number of imidazole rings is 1. The van der Waals surface area contributed by atoms with Gasteiger partial charge in [0.25, 0.3) is 0 Å². The van der Waals surface area contributed by atoms with Crippen molar-refractivity contribution in [3.63, 3.8) is 0 Å². The molecule has 1 aliphatic carbocycles. The van der Waals surface area contributed by atoms with Gasteiger partial charge in [0, 0.05) is 31.9 Å². The van der Waals surface area contributed by atoms with Gasteiger partial charge in [-0.25, -0.2) is 4.98 Å². The van der Waals surface area contributed by atoms with Gasteiger partial charge in [-0.2, -0.15) is 0 Å². The quantitative estimate of drug-likeness (QED) is 0.826. The second-order valence-corrected chi connectivity index (χ2v) is 6.36. The van der Waals surface area contributed by atoms with Crippen LogP contribution in [0.1, 0.15) is 58.2 Å². The minimum Gasteiger partial charge on any atom is -0.338 e. The van der Waals surface area contributed by atoms with E-state index in [0.717, 1.165) is 24.8 Å². The molecule has 3 nitrogen and oxygen atoms in total. The normalized spacial score (nSPS) is 24.8. The molecular formula is C17H31N3. The smallest absolute Gasteiger partial charge is 0.108 e. The second kappa shape index (κ2) is 7.82. The summed E-state index contributed by atoms with van der Waals surface area (Å²) in [5.41, 5.74) is 0. The summed E-state index contributed by atoms with van der Waals surface area (Å²) in [5, 5.41) is 3.74. The number of hydrogen-bond acceptors (Lipinski definition) is 2. The van der Waals surface area contributed by atoms with Crippen LogP contribution in [0, 0.1) is 11.8 Å². The van der Waals surface area contributed by atoms with Crippen molar-refractivity contribution in [2.24, 2.45) is 18.9 Å². The Labute approximate surface area is 124 Å². The highest BCUT2D eigenvalue weighted by Crippen LogP contribution is 2.34. The molecule has 0 spiro atoms. The van der Waals surface area contributed by atoms with Crippen LogP contribution in [0.5, 0.6) is 0 Å². The largest absolute Gasteiger partial charge is 0.338 e. The maximum atomic E-state index is 4.46. The zero-order valence-electron chi connectivity index (χ0n) is 13.4. The van der Waals surface area contributed by atoms with E-state index in [1.165, 1.54) is 44.3 Å². The Bertz CT molecular complexity index is 385. The van der Waals surface area contributed by atoms with Gasteiger partial charge in [-0.3, -0.25) is 0 Å². The van der Waals surface area contributed by atoms with E-state index in [-0.39, 0.29) is 0 Å². The lowest BCUT2D eigenvalue weighted by Gasteiger charge is -2.35. The van der Waals surface area contributed by atoms with Gasteiger partial charge >= 0.3 is 0 Å². The SMILES string of the molecule is CCNC(CCc1nccn1C)C1CCCC(CC)C1. The fourth-order valence-corrected chi connectivity index (χ4v) is 3.76. The van der Waals surface area contributed by atoms with Gasteiger partial charge in [-0.05, 0) is 37.6 Å². The number of nitrogens with one attached hydrogen (secondary N) is 1. The standard InChI is InChI=1S/C17H31N3/c1-4-14-7-6-8-15(13-14)16(18-5-2)9-10-17-19-11-12-20(17)3/h11-12,14-16,18H,4-10,13H2,1-3H3. The van der Waals surface area contributed by atoms with Crippen molar-refractivity contribution in [2.45, 2.75) is 64.8 Å². The number of rotatable bonds is 7. The number of hydrogen-bond donors (Lipinski definition) is 1. The molecule has 0 radical (unpaired) electrons. The molecule has 114 valence electrons. The van der Waals surface area contributed by atoms with E-state index in [1.54, 1.807) is 0 Å². The number of aromatic nitrogens is 2. The van der Waals surface area contributed by atoms with Crippen LogP contribution in [-0.4, -0.2) is 22.1 Å². The van der Waals surface area contributed by atoms with E-state index in [1.807, 2.05) is 12.4 Å². The van der Waals surface area contributed by atoms with Crippen molar-refractivity contribution in [3.05, 3.63) is 18.2 Å². The van der Waals surface area contributed by atoms with E-state index < -0.39 is 0 Å². The predicted molar refractivity (Wildman–Crippen MR) is 84.7 cm³/mol. The Morgan fingerprint density at radius 3 is 2.90 bits per heavy atom. The Morgan fingerprint density at radius 1 is 1.40 bits per heavy atom. The fraction of sp³-hybridized carbons (Fsp3) is 0.824. The van der Waals surface area contributed by atoms with Crippen LogP contribution in [0.25, 0.3) is 0 Å².